The van der Waals surface area contributed by atoms with Crippen molar-refractivity contribution in [3.05, 3.63) is 36.8 Å². The van der Waals surface area contributed by atoms with E-state index in [1.807, 2.05) is 25.4 Å². The summed E-state index contributed by atoms with van der Waals surface area (Å²) in [6.07, 6.45) is 9.15. The van der Waals surface area contributed by atoms with Gasteiger partial charge in [-0.05, 0) is 50.9 Å². The molecular formula is C20H26N6O. The van der Waals surface area contributed by atoms with Crippen LogP contribution in [0.5, 0.6) is 0 Å². The summed E-state index contributed by atoms with van der Waals surface area (Å²) in [6.45, 7) is 1.73. The van der Waals surface area contributed by atoms with Gasteiger partial charge in [-0.2, -0.15) is 0 Å². The first-order valence-electron chi connectivity index (χ1n) is 9.61. The molecule has 1 aliphatic rings. The Hall–Kier alpha value is -2.51. The number of hydrogen-bond acceptors (Lipinski definition) is 6. The van der Waals surface area contributed by atoms with E-state index >= 15 is 0 Å². The topological polar surface area (TPSA) is 87.9 Å². The quantitative estimate of drug-likeness (QED) is 0.621. The van der Waals surface area contributed by atoms with E-state index in [0.717, 1.165) is 61.1 Å². The predicted octanol–water partition coefficient (Wildman–Crippen LogP) is 2.43. The van der Waals surface area contributed by atoms with Crippen LogP contribution >= 0.6 is 0 Å². The van der Waals surface area contributed by atoms with Gasteiger partial charge in [-0.15, -0.1) is 0 Å². The van der Waals surface area contributed by atoms with Crippen molar-refractivity contribution in [2.75, 3.05) is 18.9 Å². The number of rotatable bonds is 6. The molecule has 27 heavy (non-hydrogen) atoms. The fourth-order valence-corrected chi connectivity index (χ4v) is 3.71. The molecule has 7 heteroatoms. The van der Waals surface area contributed by atoms with Crippen molar-refractivity contribution in [1.82, 2.24) is 24.8 Å². The second-order valence-corrected chi connectivity index (χ2v) is 7.13. The average Bonchev–Trinajstić information content (AvgIpc) is 3.07. The van der Waals surface area contributed by atoms with Gasteiger partial charge in [0.2, 0.25) is 5.95 Å². The first kappa shape index (κ1) is 17.9. The summed E-state index contributed by atoms with van der Waals surface area (Å²) in [7, 11) is 1.95. The Morgan fingerprint density at radius 1 is 1.15 bits per heavy atom. The Morgan fingerprint density at radius 3 is 2.81 bits per heavy atom. The molecule has 3 heterocycles. The van der Waals surface area contributed by atoms with Crippen molar-refractivity contribution in [2.45, 2.75) is 44.4 Å². The van der Waals surface area contributed by atoms with Crippen molar-refractivity contribution in [3.63, 3.8) is 0 Å². The van der Waals surface area contributed by atoms with Gasteiger partial charge >= 0.3 is 0 Å². The highest BCUT2D eigenvalue weighted by molar-refractivity contribution is 5.93. The Balaban J connectivity index is 1.62. The van der Waals surface area contributed by atoms with E-state index in [0.29, 0.717) is 12.0 Å². The number of anilines is 1. The minimum atomic E-state index is -0.161. The van der Waals surface area contributed by atoms with Crippen molar-refractivity contribution < 1.29 is 5.11 Å². The van der Waals surface area contributed by atoms with Gasteiger partial charge in [-0.25, -0.2) is 15.0 Å². The number of hydrogen-bond donors (Lipinski definition) is 3. The summed E-state index contributed by atoms with van der Waals surface area (Å²) in [5.74, 6) is 0.647. The fourth-order valence-electron chi connectivity index (χ4n) is 3.71. The molecule has 0 atom stereocenters. The number of aromatic nitrogens is 4. The monoisotopic (exact) mass is 366 g/mol. The second-order valence-electron chi connectivity index (χ2n) is 7.13. The zero-order valence-electron chi connectivity index (χ0n) is 15.6. The van der Waals surface area contributed by atoms with Crippen molar-refractivity contribution in [3.8, 4) is 11.3 Å². The summed E-state index contributed by atoms with van der Waals surface area (Å²) in [6, 6.07) is 6.31. The Kier molecular flexibility index (Phi) is 5.31. The summed E-state index contributed by atoms with van der Waals surface area (Å²) in [4.78, 5) is 13.7. The van der Waals surface area contributed by atoms with Gasteiger partial charge in [0.05, 0.1) is 11.8 Å². The van der Waals surface area contributed by atoms with Gasteiger partial charge in [0.1, 0.15) is 5.65 Å². The molecule has 3 aromatic rings. The molecule has 0 spiro atoms. The zero-order chi connectivity index (χ0) is 18.6. The van der Waals surface area contributed by atoms with Crippen LogP contribution in [-0.2, 0) is 6.54 Å². The van der Waals surface area contributed by atoms with E-state index < -0.39 is 0 Å². The Labute approximate surface area is 158 Å². The highest BCUT2D eigenvalue weighted by Gasteiger charge is 2.20. The zero-order valence-corrected chi connectivity index (χ0v) is 15.6. The standard InChI is InChI=1S/C20H26N6O/c1-21-11-12-26-13-17(16-3-2-9-22-19(16)26)18-8-10-23-20(25-18)24-14-4-6-15(27)7-5-14/h2-3,8-10,13-15,21,27H,4-7,11-12H2,1H3,(H,23,24,25)/t14-,15-. The van der Waals surface area contributed by atoms with Gasteiger partial charge < -0.3 is 20.3 Å². The molecular weight excluding hydrogens is 340 g/mol. The number of nitrogens with one attached hydrogen (secondary N) is 2. The lowest BCUT2D eigenvalue weighted by Crippen LogP contribution is -2.28. The van der Waals surface area contributed by atoms with Crippen LogP contribution < -0.4 is 10.6 Å². The van der Waals surface area contributed by atoms with E-state index in [9.17, 15) is 5.11 Å². The SMILES string of the molecule is CNCCn1cc(-c2ccnc(N[C@H]3CC[C@H](O)CC3)n2)c2cccnc21. The third-order valence-electron chi connectivity index (χ3n) is 5.20. The van der Waals surface area contributed by atoms with Gasteiger partial charge in [0.25, 0.3) is 0 Å². The third-order valence-corrected chi connectivity index (χ3v) is 5.20. The van der Waals surface area contributed by atoms with E-state index in [2.05, 4.69) is 37.4 Å². The maximum Gasteiger partial charge on any atom is 0.223 e. The lowest BCUT2D eigenvalue weighted by Gasteiger charge is -2.26. The third kappa shape index (κ3) is 3.94. The summed E-state index contributed by atoms with van der Waals surface area (Å²) < 4.78 is 2.17. The smallest absolute Gasteiger partial charge is 0.223 e. The summed E-state index contributed by atoms with van der Waals surface area (Å²) in [5.41, 5.74) is 2.93. The second kappa shape index (κ2) is 8.02. The average molecular weight is 366 g/mol. The number of aliphatic hydroxyl groups is 1. The summed E-state index contributed by atoms with van der Waals surface area (Å²) in [5, 5.41) is 17.4. The molecule has 1 aliphatic carbocycles. The fraction of sp³-hybridized carbons (Fsp3) is 0.450. The molecule has 0 bridgehead atoms. The van der Waals surface area contributed by atoms with Crippen LogP contribution in [0.1, 0.15) is 25.7 Å². The predicted molar refractivity (Wildman–Crippen MR) is 107 cm³/mol. The normalized spacial score (nSPS) is 20.1. The highest BCUT2D eigenvalue weighted by Crippen LogP contribution is 2.29. The van der Waals surface area contributed by atoms with Crippen molar-refractivity contribution >= 4 is 17.0 Å². The molecule has 1 saturated carbocycles. The van der Waals surface area contributed by atoms with Crippen molar-refractivity contribution in [1.29, 1.82) is 0 Å². The Morgan fingerprint density at radius 2 is 2.00 bits per heavy atom. The van der Waals surface area contributed by atoms with Crippen LogP contribution in [0.3, 0.4) is 0 Å². The molecule has 142 valence electrons. The van der Waals surface area contributed by atoms with Gasteiger partial charge in [0.15, 0.2) is 0 Å². The van der Waals surface area contributed by atoms with Crippen molar-refractivity contribution in [2.24, 2.45) is 0 Å². The molecule has 0 aliphatic heterocycles. The molecule has 3 aromatic heterocycles. The van der Waals surface area contributed by atoms with Gasteiger partial charge in [-0.3, -0.25) is 0 Å². The number of fused-ring (bicyclic) bond motifs is 1. The molecule has 0 amide bonds. The molecule has 0 aromatic carbocycles. The maximum absolute atomic E-state index is 9.68. The minimum absolute atomic E-state index is 0.161. The van der Waals surface area contributed by atoms with Gasteiger partial charge in [-0.1, -0.05) is 0 Å². The van der Waals surface area contributed by atoms with Crippen LogP contribution in [0.25, 0.3) is 22.3 Å². The van der Waals surface area contributed by atoms with Crippen LogP contribution in [0.2, 0.25) is 0 Å². The van der Waals surface area contributed by atoms with E-state index in [1.54, 1.807) is 6.20 Å². The first-order valence-corrected chi connectivity index (χ1v) is 9.61. The molecule has 4 rings (SSSR count). The number of pyridine rings is 1. The molecule has 0 unspecified atom stereocenters. The number of likely N-dealkylation sites (N-methyl/N-ethyl adjacent to an activating group) is 1. The largest absolute Gasteiger partial charge is 0.393 e. The Bertz CT molecular complexity index is 900. The number of aliphatic hydroxyl groups excluding tert-OH is 1. The molecule has 1 fully saturated rings. The summed E-state index contributed by atoms with van der Waals surface area (Å²) >= 11 is 0. The van der Waals surface area contributed by atoms with Crippen LogP contribution in [-0.4, -0.2) is 50.4 Å². The number of nitrogens with zero attached hydrogens (tertiary/aromatic N) is 4. The highest BCUT2D eigenvalue weighted by atomic mass is 16.3. The van der Waals surface area contributed by atoms with Gasteiger partial charge in [0, 0.05) is 48.7 Å². The lowest BCUT2D eigenvalue weighted by atomic mass is 9.93. The van der Waals surface area contributed by atoms with Crippen LogP contribution in [0, 0.1) is 0 Å². The molecule has 3 N–H and O–H groups in total. The van der Waals surface area contributed by atoms with Crippen LogP contribution in [0.15, 0.2) is 36.8 Å². The maximum atomic E-state index is 9.68. The molecule has 7 nitrogen and oxygen atoms in total. The van der Waals surface area contributed by atoms with E-state index in [4.69, 9.17) is 4.98 Å². The molecule has 0 radical (unpaired) electrons. The van der Waals surface area contributed by atoms with E-state index in [-0.39, 0.29) is 6.10 Å². The minimum Gasteiger partial charge on any atom is -0.393 e. The molecule has 0 saturated heterocycles. The first-order chi connectivity index (χ1) is 13.2. The van der Waals surface area contributed by atoms with E-state index in [1.165, 1.54) is 0 Å². The lowest BCUT2D eigenvalue weighted by molar-refractivity contribution is 0.126. The van der Waals surface area contributed by atoms with Crippen LogP contribution in [0.4, 0.5) is 5.95 Å².